The normalized spacial score (nSPS) is 11.7. The summed E-state index contributed by atoms with van der Waals surface area (Å²) in [5.74, 6) is -0.317. The van der Waals surface area contributed by atoms with E-state index >= 15 is 0 Å². The standard InChI is InChI=1S/C42H40N4O4S/c1-4-11-38-44-39-27(2)22-33(25-37(39)45(38)26-30-18-20-31(21-19-30)35-16-8-9-17-36(35)41(48)49)40(47)46(28(3)23-29-12-6-5-7-13-29)51-42(50)32-14-10-15-34(43)24-32/h5-10,12-22,24-25,28H,4,11,23,26,43H2,1-3H3,(H,48,49). The molecule has 9 heteroatoms. The molecule has 1 amide bonds. The van der Waals surface area contributed by atoms with Gasteiger partial charge in [0.25, 0.3) is 5.91 Å². The van der Waals surface area contributed by atoms with Crippen LogP contribution in [0, 0.1) is 6.92 Å². The van der Waals surface area contributed by atoms with Crippen molar-refractivity contribution in [1.29, 1.82) is 0 Å². The zero-order chi connectivity index (χ0) is 36.1. The van der Waals surface area contributed by atoms with Gasteiger partial charge in [0, 0.05) is 47.8 Å². The number of imidazole rings is 1. The Morgan fingerprint density at radius 1 is 0.863 bits per heavy atom. The van der Waals surface area contributed by atoms with Crippen molar-refractivity contribution in [3.8, 4) is 11.1 Å². The fraction of sp³-hybridized carbons (Fsp3) is 0.190. The highest BCUT2D eigenvalue weighted by Crippen LogP contribution is 2.30. The van der Waals surface area contributed by atoms with Crippen molar-refractivity contribution in [2.75, 3.05) is 5.73 Å². The van der Waals surface area contributed by atoms with Crippen molar-refractivity contribution >= 4 is 45.7 Å². The van der Waals surface area contributed by atoms with Crippen LogP contribution in [0.3, 0.4) is 0 Å². The van der Waals surface area contributed by atoms with Gasteiger partial charge in [-0.3, -0.25) is 13.9 Å². The minimum absolute atomic E-state index is 0.253. The molecule has 0 bridgehead atoms. The number of fused-ring (bicyclic) bond motifs is 1. The molecule has 0 aliphatic carbocycles. The fourth-order valence-corrected chi connectivity index (χ4v) is 7.21. The molecule has 6 rings (SSSR count). The highest BCUT2D eigenvalue weighted by atomic mass is 32.2. The van der Waals surface area contributed by atoms with Crippen LogP contribution in [0.4, 0.5) is 5.69 Å². The number of hydrogen-bond donors (Lipinski definition) is 2. The first-order chi connectivity index (χ1) is 24.6. The molecule has 5 aromatic carbocycles. The molecule has 1 unspecified atom stereocenters. The number of nitrogens with two attached hydrogens (primary N) is 1. The molecule has 3 N–H and O–H groups in total. The van der Waals surface area contributed by atoms with Gasteiger partial charge in [-0.2, -0.15) is 0 Å². The van der Waals surface area contributed by atoms with Crippen molar-refractivity contribution in [2.45, 2.75) is 52.6 Å². The number of aromatic nitrogens is 2. The van der Waals surface area contributed by atoms with E-state index in [1.165, 1.54) is 0 Å². The van der Waals surface area contributed by atoms with E-state index < -0.39 is 5.97 Å². The van der Waals surface area contributed by atoms with E-state index in [0.717, 1.165) is 63.9 Å². The third-order valence-electron chi connectivity index (χ3n) is 8.89. The van der Waals surface area contributed by atoms with Crippen LogP contribution in [-0.4, -0.2) is 42.0 Å². The van der Waals surface area contributed by atoms with Crippen LogP contribution in [0.25, 0.3) is 22.2 Å². The highest BCUT2D eigenvalue weighted by Gasteiger charge is 2.28. The molecule has 258 valence electrons. The highest BCUT2D eigenvalue weighted by molar-refractivity contribution is 8.12. The first kappa shape index (κ1) is 35.2. The van der Waals surface area contributed by atoms with E-state index in [9.17, 15) is 19.5 Å². The molecule has 0 aliphatic heterocycles. The fourth-order valence-electron chi connectivity index (χ4n) is 6.35. The van der Waals surface area contributed by atoms with Gasteiger partial charge in [-0.15, -0.1) is 0 Å². The number of benzene rings is 5. The lowest BCUT2D eigenvalue weighted by Gasteiger charge is -2.27. The van der Waals surface area contributed by atoms with E-state index in [-0.39, 0.29) is 22.6 Å². The maximum Gasteiger partial charge on any atom is 0.336 e. The van der Waals surface area contributed by atoms with Crippen LogP contribution in [0.5, 0.6) is 0 Å². The number of nitrogens with zero attached hydrogens (tertiary/aromatic N) is 3. The predicted molar refractivity (Wildman–Crippen MR) is 205 cm³/mol. The zero-order valence-electron chi connectivity index (χ0n) is 28.9. The molecule has 0 aliphatic rings. The van der Waals surface area contributed by atoms with Gasteiger partial charge in [0.15, 0.2) is 0 Å². The molecule has 0 spiro atoms. The number of anilines is 1. The van der Waals surface area contributed by atoms with Crippen LogP contribution < -0.4 is 5.73 Å². The minimum atomic E-state index is -0.968. The lowest BCUT2D eigenvalue weighted by Crippen LogP contribution is -2.35. The average molecular weight is 697 g/mol. The number of carbonyl (C=O) groups excluding carboxylic acids is 2. The van der Waals surface area contributed by atoms with Crippen molar-refractivity contribution in [3.05, 3.63) is 154 Å². The van der Waals surface area contributed by atoms with Crippen molar-refractivity contribution < 1.29 is 19.5 Å². The first-order valence-electron chi connectivity index (χ1n) is 17.0. The maximum absolute atomic E-state index is 14.5. The molecule has 1 atom stereocenters. The molecule has 6 aromatic rings. The van der Waals surface area contributed by atoms with Gasteiger partial charge >= 0.3 is 5.97 Å². The Kier molecular flexibility index (Phi) is 10.7. The van der Waals surface area contributed by atoms with Gasteiger partial charge in [-0.25, -0.2) is 9.78 Å². The monoisotopic (exact) mass is 696 g/mol. The Labute approximate surface area is 302 Å². The summed E-state index contributed by atoms with van der Waals surface area (Å²) in [5, 5.41) is 9.43. The Balaban J connectivity index is 1.36. The molecule has 0 radical (unpaired) electrons. The van der Waals surface area contributed by atoms with Crippen molar-refractivity contribution in [1.82, 2.24) is 13.9 Å². The lowest BCUT2D eigenvalue weighted by atomic mass is 9.98. The van der Waals surface area contributed by atoms with Crippen molar-refractivity contribution in [3.63, 3.8) is 0 Å². The molecule has 1 heterocycles. The summed E-state index contributed by atoms with van der Waals surface area (Å²) < 4.78 is 3.74. The second-order valence-corrected chi connectivity index (χ2v) is 13.7. The Bertz CT molecular complexity index is 2210. The lowest BCUT2D eigenvalue weighted by molar-refractivity contribution is 0.0697. The third kappa shape index (κ3) is 7.89. The number of nitrogen functional groups attached to an aromatic ring is 1. The van der Waals surface area contributed by atoms with Gasteiger partial charge in [-0.05, 0) is 84.8 Å². The van der Waals surface area contributed by atoms with E-state index in [2.05, 4.69) is 11.5 Å². The summed E-state index contributed by atoms with van der Waals surface area (Å²) >= 11 is 0.901. The molecular formula is C42H40N4O4S. The molecule has 0 saturated heterocycles. The van der Waals surface area contributed by atoms with Crippen LogP contribution in [0.1, 0.15) is 73.9 Å². The van der Waals surface area contributed by atoms with Gasteiger partial charge in [-0.1, -0.05) is 91.9 Å². The van der Waals surface area contributed by atoms with Crippen LogP contribution in [0.15, 0.2) is 115 Å². The molecule has 51 heavy (non-hydrogen) atoms. The Morgan fingerprint density at radius 3 is 2.29 bits per heavy atom. The van der Waals surface area contributed by atoms with Crippen LogP contribution in [-0.2, 0) is 19.4 Å². The number of carbonyl (C=O) groups is 3. The third-order valence-corrected chi connectivity index (χ3v) is 10.0. The quantitative estimate of drug-likeness (QED) is 0.103. The first-order valence-corrected chi connectivity index (χ1v) is 17.8. The molecule has 0 saturated carbocycles. The smallest absolute Gasteiger partial charge is 0.336 e. The number of aromatic carboxylic acids is 1. The molecule has 8 nitrogen and oxygen atoms in total. The van der Waals surface area contributed by atoms with Crippen LogP contribution in [0.2, 0.25) is 0 Å². The van der Waals surface area contributed by atoms with Crippen molar-refractivity contribution in [2.24, 2.45) is 0 Å². The Hall–Kier alpha value is -5.67. The van der Waals surface area contributed by atoms with Gasteiger partial charge in [0.1, 0.15) is 5.82 Å². The second kappa shape index (κ2) is 15.5. The average Bonchev–Trinajstić information content (AvgIpc) is 3.47. The number of rotatable bonds is 11. The maximum atomic E-state index is 14.5. The Morgan fingerprint density at radius 2 is 1.59 bits per heavy atom. The summed E-state index contributed by atoms with van der Waals surface area (Å²) in [7, 11) is 0. The summed E-state index contributed by atoms with van der Waals surface area (Å²) in [4.78, 5) is 44.9. The van der Waals surface area contributed by atoms with E-state index in [0.29, 0.717) is 35.3 Å². The summed E-state index contributed by atoms with van der Waals surface area (Å²) in [6, 6.07) is 35.0. The van der Waals surface area contributed by atoms with Crippen LogP contribution >= 0.6 is 11.9 Å². The van der Waals surface area contributed by atoms with Gasteiger partial charge in [0.2, 0.25) is 5.12 Å². The van der Waals surface area contributed by atoms with E-state index in [4.69, 9.17) is 10.7 Å². The SMILES string of the molecule is CCCc1nc2c(C)cc(C(=O)N(SC(=O)c3cccc(N)c3)C(C)Cc3ccccc3)cc2n1Cc1ccc(-c2ccccc2C(=O)O)cc1. The molecular weight excluding hydrogens is 657 g/mol. The van der Waals surface area contributed by atoms with E-state index in [1.54, 1.807) is 40.7 Å². The minimum Gasteiger partial charge on any atom is -0.478 e. The summed E-state index contributed by atoms with van der Waals surface area (Å²) in [5.41, 5.74) is 13.7. The number of amides is 1. The molecule has 1 aromatic heterocycles. The number of hydrogen-bond acceptors (Lipinski definition) is 6. The van der Waals surface area contributed by atoms with E-state index in [1.807, 2.05) is 92.7 Å². The predicted octanol–water partition coefficient (Wildman–Crippen LogP) is 8.85. The number of carboxylic acids is 1. The summed E-state index contributed by atoms with van der Waals surface area (Å²) in [6.07, 6.45) is 2.22. The topological polar surface area (TPSA) is 119 Å². The number of carboxylic acid groups (broad SMARTS) is 1. The zero-order valence-corrected chi connectivity index (χ0v) is 29.7. The molecule has 0 fully saturated rings. The van der Waals surface area contributed by atoms with Gasteiger partial charge in [0.05, 0.1) is 16.6 Å². The van der Waals surface area contributed by atoms with Gasteiger partial charge < -0.3 is 15.4 Å². The second-order valence-electron chi connectivity index (χ2n) is 12.7. The summed E-state index contributed by atoms with van der Waals surface area (Å²) in [6.45, 7) is 6.54. The number of aryl methyl sites for hydroxylation is 2. The largest absolute Gasteiger partial charge is 0.478 e.